The van der Waals surface area contributed by atoms with Crippen molar-refractivity contribution in [1.29, 1.82) is 0 Å². The molecule has 0 N–H and O–H groups in total. The molecule has 3 aromatic carbocycles. The Balaban J connectivity index is 1.25. The van der Waals surface area contributed by atoms with E-state index in [0.717, 1.165) is 46.4 Å². The van der Waals surface area contributed by atoms with Crippen LogP contribution in [-0.4, -0.2) is 23.9 Å². The lowest BCUT2D eigenvalue weighted by atomic mass is 9.73. The number of benzene rings is 3. The molecule has 0 saturated heterocycles. The quantitative estimate of drug-likeness (QED) is 0.214. The summed E-state index contributed by atoms with van der Waals surface area (Å²) in [6.07, 6.45) is 11.8. The fourth-order valence-electron chi connectivity index (χ4n) is 6.67. The number of carbonyl (C=O) groups is 2. The molecule has 3 aromatic rings. The van der Waals surface area contributed by atoms with Crippen molar-refractivity contribution >= 4 is 23.5 Å². The van der Waals surface area contributed by atoms with E-state index in [1.165, 1.54) is 24.8 Å². The van der Waals surface area contributed by atoms with Crippen LogP contribution in [0.15, 0.2) is 124 Å². The topological polar surface area (TPSA) is 85.2 Å². The first-order valence-electron chi connectivity index (χ1n) is 15.5. The molecule has 1 aliphatic heterocycles. The van der Waals surface area contributed by atoms with E-state index in [4.69, 9.17) is 9.73 Å². The van der Waals surface area contributed by atoms with Crippen LogP contribution in [0.3, 0.4) is 0 Å². The fraction of sp³-hybridized carbons (Fsp3) is 0.289. The smallest absolute Gasteiger partial charge is 0.290 e. The fourth-order valence-corrected chi connectivity index (χ4v) is 6.67. The Morgan fingerprint density at radius 1 is 0.841 bits per heavy atom. The van der Waals surface area contributed by atoms with Gasteiger partial charge in [0.25, 0.3) is 5.91 Å². The highest BCUT2D eigenvalue weighted by Crippen LogP contribution is 2.44. The molecule has 44 heavy (non-hydrogen) atoms. The van der Waals surface area contributed by atoms with Gasteiger partial charge in [0.1, 0.15) is 12.4 Å². The first kappa shape index (κ1) is 29.4. The second-order valence-electron chi connectivity index (χ2n) is 11.8. The number of aliphatic imine (C=N–C) groups is 1. The van der Waals surface area contributed by atoms with Gasteiger partial charge in [-0.05, 0) is 70.7 Å². The van der Waals surface area contributed by atoms with E-state index in [2.05, 4.69) is 35.5 Å². The summed E-state index contributed by atoms with van der Waals surface area (Å²) in [6, 6.07) is 27.5. The van der Waals surface area contributed by atoms with E-state index in [0.29, 0.717) is 24.5 Å². The molecule has 0 bridgehead atoms. The Labute approximate surface area is 258 Å². The second-order valence-corrected chi connectivity index (χ2v) is 11.8. The number of ketones is 1. The van der Waals surface area contributed by atoms with Crippen molar-refractivity contribution in [3.63, 3.8) is 0 Å². The molecule has 6 nitrogen and oxygen atoms in total. The predicted octanol–water partition coefficient (Wildman–Crippen LogP) is 8.03. The zero-order chi connectivity index (χ0) is 30.3. The van der Waals surface area contributed by atoms with Crippen molar-refractivity contribution in [3.05, 3.63) is 135 Å². The minimum Gasteiger partial charge on any atom is -0.489 e. The molecular weight excluding hydrogens is 548 g/mol. The molecule has 2 unspecified atom stereocenters. The Kier molecular flexibility index (Phi) is 9.16. The van der Waals surface area contributed by atoms with Crippen molar-refractivity contribution in [2.75, 3.05) is 0 Å². The van der Waals surface area contributed by atoms with Gasteiger partial charge in [-0.25, -0.2) is 0 Å². The summed E-state index contributed by atoms with van der Waals surface area (Å²) in [5.74, 6) is -0.577. The molecular formula is C38H36N2O4. The van der Waals surface area contributed by atoms with Crippen LogP contribution < -0.4 is 4.74 Å². The van der Waals surface area contributed by atoms with Gasteiger partial charge in [-0.1, -0.05) is 104 Å². The molecule has 3 aliphatic rings. The third kappa shape index (κ3) is 6.60. The summed E-state index contributed by atoms with van der Waals surface area (Å²) >= 11 is 0. The third-order valence-electron chi connectivity index (χ3n) is 8.95. The molecule has 6 rings (SSSR count). The van der Waals surface area contributed by atoms with Crippen molar-refractivity contribution in [2.24, 2.45) is 22.0 Å². The number of ether oxygens (including phenoxy) is 1. The number of nitroso groups, excluding NO2 is 1. The number of hydrogen-bond acceptors (Lipinski definition) is 5. The number of Topliss-reactive ketones (excluding diaryl/α,β-unsaturated/α-hetero) is 1. The van der Waals surface area contributed by atoms with Gasteiger partial charge >= 0.3 is 0 Å². The number of rotatable bonds is 11. The molecule has 6 heteroatoms. The van der Waals surface area contributed by atoms with Crippen LogP contribution in [0.5, 0.6) is 5.75 Å². The standard InChI is InChI=1S/C38H36N2O4/c41-35(23-30(38(42)40-43)22-26-10-4-1-5-11-26)34-24-39-37-33(34)21-20-32(36(37)29-14-8-3-9-15-29)28-16-18-31(19-17-28)44-25-27-12-6-2-7-13-27/h1-2,4-7,10-13,16-21,24,29-30,37H,3,8-9,14-15,22-23,25H2. The lowest BCUT2D eigenvalue weighted by Gasteiger charge is -2.32. The SMILES string of the molecule is O=NC(=O)C(CC(=O)C1=C2C=CC(c3ccc(OCc4ccccc4)cc3)=C(C3CCCCC3)C2N=C1)Cc1ccccc1. The summed E-state index contributed by atoms with van der Waals surface area (Å²) < 4.78 is 6.03. The van der Waals surface area contributed by atoms with Crippen molar-refractivity contribution in [1.82, 2.24) is 0 Å². The number of carbonyl (C=O) groups excluding carboxylic acids is 2. The van der Waals surface area contributed by atoms with Crippen LogP contribution in [-0.2, 0) is 22.6 Å². The number of amides is 1. The number of fused-ring (bicyclic) bond motifs is 1. The third-order valence-corrected chi connectivity index (χ3v) is 8.95. The first-order chi connectivity index (χ1) is 21.6. The maximum atomic E-state index is 13.6. The van der Waals surface area contributed by atoms with Crippen LogP contribution in [0.2, 0.25) is 0 Å². The molecule has 1 heterocycles. The van der Waals surface area contributed by atoms with Crippen LogP contribution in [0.1, 0.15) is 55.2 Å². The van der Waals surface area contributed by atoms with E-state index in [9.17, 15) is 14.5 Å². The molecule has 0 spiro atoms. The van der Waals surface area contributed by atoms with Gasteiger partial charge in [0.15, 0.2) is 5.78 Å². The maximum Gasteiger partial charge on any atom is 0.290 e. The summed E-state index contributed by atoms with van der Waals surface area (Å²) in [5.41, 5.74) is 6.95. The Morgan fingerprint density at radius 3 is 2.20 bits per heavy atom. The largest absolute Gasteiger partial charge is 0.489 e. The van der Waals surface area contributed by atoms with Gasteiger partial charge < -0.3 is 4.74 Å². The van der Waals surface area contributed by atoms with E-state index < -0.39 is 11.8 Å². The van der Waals surface area contributed by atoms with Gasteiger partial charge in [-0.3, -0.25) is 14.6 Å². The minimum atomic E-state index is -0.804. The van der Waals surface area contributed by atoms with Crippen molar-refractivity contribution < 1.29 is 14.3 Å². The van der Waals surface area contributed by atoms with Gasteiger partial charge in [-0.2, -0.15) is 0 Å². The van der Waals surface area contributed by atoms with E-state index in [1.807, 2.05) is 66.7 Å². The average Bonchev–Trinajstić information content (AvgIpc) is 3.52. The lowest BCUT2D eigenvalue weighted by Crippen LogP contribution is -2.24. The Morgan fingerprint density at radius 2 is 1.52 bits per heavy atom. The summed E-state index contributed by atoms with van der Waals surface area (Å²) in [5, 5.41) is 2.67. The van der Waals surface area contributed by atoms with Crippen LogP contribution in [0.4, 0.5) is 0 Å². The summed E-state index contributed by atoms with van der Waals surface area (Å²) in [4.78, 5) is 42.2. The van der Waals surface area contributed by atoms with Crippen LogP contribution in [0, 0.1) is 16.7 Å². The van der Waals surface area contributed by atoms with Gasteiger partial charge in [0, 0.05) is 23.4 Å². The first-order valence-corrected chi connectivity index (χ1v) is 15.5. The molecule has 1 saturated carbocycles. The minimum absolute atomic E-state index is 0.0787. The Bertz CT molecular complexity index is 1630. The molecule has 0 aromatic heterocycles. The number of hydrogen-bond donors (Lipinski definition) is 0. The molecule has 1 fully saturated rings. The van der Waals surface area contributed by atoms with Crippen molar-refractivity contribution in [3.8, 4) is 5.75 Å². The molecule has 2 aliphatic carbocycles. The number of nitrogens with zero attached hydrogens (tertiary/aromatic N) is 2. The van der Waals surface area contributed by atoms with Gasteiger partial charge in [0.05, 0.1) is 12.0 Å². The molecule has 222 valence electrons. The highest BCUT2D eigenvalue weighted by molar-refractivity contribution is 6.17. The monoisotopic (exact) mass is 584 g/mol. The van der Waals surface area contributed by atoms with E-state index in [-0.39, 0.29) is 18.2 Å². The van der Waals surface area contributed by atoms with Crippen LogP contribution >= 0.6 is 0 Å². The second kappa shape index (κ2) is 13.7. The highest BCUT2D eigenvalue weighted by Gasteiger charge is 2.36. The van der Waals surface area contributed by atoms with Crippen LogP contribution in [0.25, 0.3) is 5.57 Å². The van der Waals surface area contributed by atoms with Gasteiger partial charge in [0.2, 0.25) is 0 Å². The molecule has 0 radical (unpaired) electrons. The number of allylic oxidation sites excluding steroid dienone is 3. The summed E-state index contributed by atoms with van der Waals surface area (Å²) in [7, 11) is 0. The zero-order valence-corrected chi connectivity index (χ0v) is 24.7. The van der Waals surface area contributed by atoms with E-state index in [1.54, 1.807) is 6.21 Å². The zero-order valence-electron chi connectivity index (χ0n) is 24.7. The summed E-state index contributed by atoms with van der Waals surface area (Å²) in [6.45, 7) is 0.512. The average molecular weight is 585 g/mol. The molecule has 1 amide bonds. The lowest BCUT2D eigenvalue weighted by molar-refractivity contribution is -0.125. The maximum absolute atomic E-state index is 13.6. The molecule has 2 atom stereocenters. The van der Waals surface area contributed by atoms with Crippen molar-refractivity contribution in [2.45, 2.75) is 57.6 Å². The predicted molar refractivity (Wildman–Crippen MR) is 173 cm³/mol. The highest BCUT2D eigenvalue weighted by atomic mass is 16.5. The Hall–Kier alpha value is -4.71. The van der Waals surface area contributed by atoms with E-state index >= 15 is 0 Å². The normalized spacial score (nSPS) is 18.7. The van der Waals surface area contributed by atoms with Gasteiger partial charge in [-0.15, -0.1) is 4.91 Å².